The van der Waals surface area contributed by atoms with Crippen molar-refractivity contribution in [2.24, 2.45) is 16.7 Å². The van der Waals surface area contributed by atoms with Crippen molar-refractivity contribution < 1.29 is 61.6 Å². The zero-order valence-electron chi connectivity index (χ0n) is 56.3. The Kier molecular flexibility index (Phi) is 30.1. The first kappa shape index (κ1) is 76.8. The van der Waals surface area contributed by atoms with Gasteiger partial charge in [0.2, 0.25) is 21.8 Å². The second kappa shape index (κ2) is 37.2. The van der Waals surface area contributed by atoms with E-state index < -0.39 is 93.2 Å². The number of sulfonamides is 1. The van der Waals surface area contributed by atoms with E-state index in [4.69, 9.17) is 19.9 Å². The van der Waals surface area contributed by atoms with Crippen LogP contribution in [0.25, 0.3) is 11.3 Å². The van der Waals surface area contributed by atoms with Crippen LogP contribution in [0.3, 0.4) is 0 Å². The summed E-state index contributed by atoms with van der Waals surface area (Å²) >= 11 is 0. The number of alkyl carbamates (subject to hydrolysis) is 3. The van der Waals surface area contributed by atoms with Crippen LogP contribution in [0.5, 0.6) is 0 Å². The first-order valence-corrected chi connectivity index (χ1v) is 33.0. The Morgan fingerprint density at radius 1 is 0.600 bits per heavy atom. The Balaban J connectivity index is 0.000000348. The van der Waals surface area contributed by atoms with Crippen molar-refractivity contribution in [2.45, 2.75) is 135 Å². The summed E-state index contributed by atoms with van der Waals surface area (Å²) in [5, 5.41) is 37.4. The number of aliphatic hydroxyl groups excluding tert-OH is 2. The quantitative estimate of drug-likeness (QED) is 0.00885. The molecule has 514 valence electrons. The third kappa shape index (κ3) is 24.4. The van der Waals surface area contributed by atoms with E-state index in [1.165, 1.54) is 37.8 Å². The molecule has 23 nitrogen and oxygen atoms in total. The Bertz CT molecular complexity index is 3410. The van der Waals surface area contributed by atoms with Crippen molar-refractivity contribution in [1.29, 1.82) is 0 Å². The zero-order chi connectivity index (χ0) is 69.9. The van der Waals surface area contributed by atoms with E-state index in [0.717, 1.165) is 33.5 Å². The summed E-state index contributed by atoms with van der Waals surface area (Å²) < 4.78 is 42.8. The van der Waals surface area contributed by atoms with E-state index in [9.17, 15) is 47.4 Å². The van der Waals surface area contributed by atoms with Gasteiger partial charge >= 0.3 is 18.3 Å². The Morgan fingerprint density at radius 2 is 1.12 bits per heavy atom. The van der Waals surface area contributed by atoms with Crippen molar-refractivity contribution in [3.05, 3.63) is 186 Å². The van der Waals surface area contributed by atoms with Gasteiger partial charge in [-0.05, 0) is 94.7 Å². The second-order valence-corrected chi connectivity index (χ2v) is 27.5. The fourth-order valence-electron chi connectivity index (χ4n) is 10.5. The summed E-state index contributed by atoms with van der Waals surface area (Å²) in [6.45, 7) is 14.9. The number of nitrogens with two attached hydrogens (primary N) is 1. The predicted octanol–water partition coefficient (Wildman–Crippen LogP) is 8.33. The minimum atomic E-state index is -3.87. The molecule has 10 N–H and O–H groups in total. The molecular weight excluding hydrogens is 1230 g/mol. The smallest absolute Gasteiger partial charge is 0.407 e. The number of benzene rings is 5. The number of rotatable bonds is 30. The van der Waals surface area contributed by atoms with Gasteiger partial charge in [0.25, 0.3) is 5.91 Å². The van der Waals surface area contributed by atoms with Crippen LogP contribution in [0.1, 0.15) is 103 Å². The van der Waals surface area contributed by atoms with Gasteiger partial charge in [0, 0.05) is 55.6 Å². The molecule has 24 heteroatoms. The minimum absolute atomic E-state index is 0.0355. The summed E-state index contributed by atoms with van der Waals surface area (Å²) in [7, 11) is -0.188. The molecule has 0 bridgehead atoms. The van der Waals surface area contributed by atoms with E-state index in [0.29, 0.717) is 31.5 Å². The molecule has 6 rings (SSSR count). The Morgan fingerprint density at radius 3 is 1.61 bits per heavy atom. The molecule has 6 aromatic rings. The van der Waals surface area contributed by atoms with Crippen LogP contribution < -0.4 is 37.7 Å². The summed E-state index contributed by atoms with van der Waals surface area (Å²) in [4.78, 5) is 82.3. The van der Waals surface area contributed by atoms with Crippen LogP contribution >= 0.6 is 0 Å². The Hall–Kier alpha value is -8.94. The highest BCUT2D eigenvalue weighted by atomic mass is 32.2. The lowest BCUT2D eigenvalue weighted by molar-refractivity contribution is -0.132. The van der Waals surface area contributed by atoms with E-state index in [1.54, 1.807) is 44.1 Å². The molecule has 0 fully saturated rings. The third-order valence-electron chi connectivity index (χ3n) is 15.5. The number of anilines is 1. The number of carbonyl (C=O) groups excluding carboxylic acids is 6. The summed E-state index contributed by atoms with van der Waals surface area (Å²) in [5.41, 5.74) is 12.8. The number of pyridine rings is 1. The number of ether oxygens (including phenoxy) is 3. The van der Waals surface area contributed by atoms with Gasteiger partial charge in [0.05, 0.1) is 50.7 Å². The van der Waals surface area contributed by atoms with Gasteiger partial charge in [0.1, 0.15) is 18.1 Å². The number of nitrogen functional groups attached to an aromatic ring is 1. The van der Waals surface area contributed by atoms with Crippen LogP contribution in [0.4, 0.5) is 20.1 Å². The maximum absolute atomic E-state index is 13.8. The molecule has 0 saturated heterocycles. The number of nitrogens with one attached hydrogen (secondary N) is 6. The first-order chi connectivity index (χ1) is 45.1. The van der Waals surface area contributed by atoms with Gasteiger partial charge in [-0.25, -0.2) is 27.8 Å². The predicted molar refractivity (Wildman–Crippen MR) is 365 cm³/mol. The number of hydrogen-bond donors (Lipinski definition) is 9. The average molecular weight is 1330 g/mol. The lowest BCUT2D eigenvalue weighted by Gasteiger charge is -2.35. The van der Waals surface area contributed by atoms with Crippen molar-refractivity contribution in [2.75, 3.05) is 53.3 Å². The first-order valence-electron chi connectivity index (χ1n) is 31.6. The van der Waals surface area contributed by atoms with Gasteiger partial charge in [-0.3, -0.25) is 24.8 Å². The van der Waals surface area contributed by atoms with Crippen molar-refractivity contribution >= 4 is 51.7 Å². The number of aromatic nitrogens is 1. The molecule has 95 heavy (non-hydrogen) atoms. The molecule has 0 aliphatic heterocycles. The summed E-state index contributed by atoms with van der Waals surface area (Å²) in [5.74, 6) is -1.85. The number of amides is 6. The monoisotopic (exact) mass is 1330 g/mol. The maximum Gasteiger partial charge on any atom is 0.407 e. The van der Waals surface area contributed by atoms with Gasteiger partial charge in [-0.15, -0.1) is 0 Å². The average Bonchev–Trinajstić information content (AvgIpc) is 0.819. The van der Waals surface area contributed by atoms with Gasteiger partial charge in [0.15, 0.2) is 0 Å². The molecule has 0 aliphatic rings. The van der Waals surface area contributed by atoms with Crippen LogP contribution in [-0.4, -0.2) is 153 Å². The molecule has 0 unspecified atom stereocenters. The van der Waals surface area contributed by atoms with Gasteiger partial charge in [-0.2, -0.15) is 4.31 Å². The second-order valence-electron chi connectivity index (χ2n) is 25.6. The molecule has 6 amide bonds. The van der Waals surface area contributed by atoms with Crippen LogP contribution in [-0.2, 0) is 51.6 Å². The minimum Gasteiger partial charge on any atom is -0.453 e. The maximum atomic E-state index is 13.8. The van der Waals surface area contributed by atoms with Crippen molar-refractivity contribution in [3.63, 3.8) is 0 Å². The number of hydrogen-bond acceptors (Lipinski definition) is 16. The highest BCUT2D eigenvalue weighted by molar-refractivity contribution is 7.89. The summed E-state index contributed by atoms with van der Waals surface area (Å²) in [6.07, 6.45) is -0.0211. The highest BCUT2D eigenvalue weighted by Crippen LogP contribution is 2.30. The van der Waals surface area contributed by atoms with Crippen LogP contribution in [0.15, 0.2) is 169 Å². The Labute approximate surface area is 559 Å². The van der Waals surface area contributed by atoms with Gasteiger partial charge < -0.3 is 56.7 Å². The van der Waals surface area contributed by atoms with Crippen LogP contribution in [0.2, 0.25) is 0 Å². The van der Waals surface area contributed by atoms with E-state index in [-0.39, 0.29) is 49.4 Å². The third-order valence-corrected chi connectivity index (χ3v) is 17.4. The summed E-state index contributed by atoms with van der Waals surface area (Å²) in [6, 6.07) is 43.2. The van der Waals surface area contributed by atoms with E-state index in [2.05, 4.69) is 37.0 Å². The molecule has 0 aliphatic carbocycles. The topological polar surface area (TPSA) is 322 Å². The number of hydrazine groups is 1. The number of aliphatic hydroxyl groups is 2. The lowest BCUT2D eigenvalue weighted by Crippen LogP contribution is -2.60. The van der Waals surface area contributed by atoms with E-state index >= 15 is 0 Å². The fraction of sp³-hybridized carbons (Fsp3) is 0.423. The van der Waals surface area contributed by atoms with Crippen molar-refractivity contribution in [1.82, 2.24) is 46.3 Å². The van der Waals surface area contributed by atoms with E-state index in [1.807, 2.05) is 168 Å². The molecule has 5 aromatic carbocycles. The number of carbonyl (C=O) groups is 6. The normalized spacial score (nSPS) is 13.6. The fourth-order valence-corrected chi connectivity index (χ4v) is 12.3. The molecule has 1 heterocycles. The SMILES string of the molecule is COC(=O)N[C@H](C(=O)NCCCC[C@@H](CO)N(CC(C)C)S(=O)(=O)c1ccc(N)cc1)C(c1ccccc1)c1ccccc1.COC(=O)N[C@H](C(=O)N[C@@H](Cc1ccccc1)[C@@H](O)CN(Cc1ccc(-c2ccccn2)cc1)NC(=O)[C@@H](NC(=O)OC)C(C)(C)C)C(C)(C)C. The van der Waals surface area contributed by atoms with Crippen molar-refractivity contribution in [3.8, 4) is 11.3 Å². The number of unbranched alkanes of at least 4 members (excludes halogenated alkanes) is 1. The molecule has 1 aromatic heterocycles. The molecule has 0 saturated carbocycles. The largest absolute Gasteiger partial charge is 0.453 e. The molecular formula is C71H96N10O13S. The number of nitrogens with zero attached hydrogens (tertiary/aromatic N) is 3. The zero-order valence-corrected chi connectivity index (χ0v) is 57.1. The van der Waals surface area contributed by atoms with Gasteiger partial charge in [-0.1, -0.05) is 183 Å². The molecule has 0 radical (unpaired) electrons. The highest BCUT2D eigenvalue weighted by Gasteiger charge is 2.39. The standard InChI is InChI=1S/C38H52N6O7.C33H44N4O6S/c1-37(2,3)31(41-35(48)50-7)33(46)40-29(22-25-14-10-9-11-15-25)30(45)24-44(43-34(47)32(38(4,5)6)42-36(49)51-8)23-26-17-19-27(20-18-26)28-16-12-13-21-39-28;1-24(2)22-37(44(41,42)29-19-17-27(34)18-20-29)28(23-38)16-10-11-21-35-32(39)31(36-33(40)43-3)30(25-12-6-4-7-13-25)26-14-8-5-9-15-26/h9-21,29-32,45H,22-24H2,1-8H3,(H,40,46)(H,41,48)(H,42,49)(H,43,47);4-9,12-15,17-20,24,28,30-31,38H,10-11,16,21-23,34H2,1-3H3,(H,35,39)(H,36,40)/t29-,30-,31+,32+;28-,31-/m00/s1. The molecule has 6 atom stereocenters. The molecule has 0 spiro atoms. The lowest BCUT2D eigenvalue weighted by atomic mass is 9.84. The number of methoxy groups -OCH3 is 3. The van der Waals surface area contributed by atoms with Crippen LogP contribution in [0, 0.1) is 16.7 Å².